The van der Waals surface area contributed by atoms with E-state index in [0.717, 1.165) is 5.56 Å². The molecule has 1 aliphatic rings. The zero-order valence-corrected chi connectivity index (χ0v) is 20.7. The lowest BCUT2D eigenvalue weighted by atomic mass is 10.1. The number of hydrogen-bond acceptors (Lipinski definition) is 6. The number of amides is 2. The van der Waals surface area contributed by atoms with Crippen molar-refractivity contribution in [1.29, 1.82) is 0 Å². The number of carbonyl (C=O) groups excluding carboxylic acids is 2. The Kier molecular flexibility index (Phi) is 7.23. The lowest BCUT2D eigenvalue weighted by molar-refractivity contribution is -0.139. The minimum Gasteiger partial charge on any atom is -0.480 e. The van der Waals surface area contributed by atoms with Gasteiger partial charge in [0.25, 0.3) is 5.91 Å². The molecule has 1 saturated carbocycles. The number of carboxylic acid groups (broad SMARTS) is 1. The summed E-state index contributed by atoms with van der Waals surface area (Å²) in [6.07, 6.45) is 3.06. The molecule has 11 heteroatoms. The molecule has 1 aliphatic carbocycles. The summed E-state index contributed by atoms with van der Waals surface area (Å²) in [5.41, 5.74) is 0.960. The Hall–Kier alpha value is -4.28. The van der Waals surface area contributed by atoms with E-state index in [1.54, 1.807) is 63.4 Å². The molecule has 10 nitrogen and oxygen atoms in total. The van der Waals surface area contributed by atoms with Crippen LogP contribution in [0.25, 0.3) is 5.69 Å². The highest BCUT2D eigenvalue weighted by molar-refractivity contribution is 5.96. The quantitative estimate of drug-likeness (QED) is 0.477. The smallest absolute Gasteiger partial charge is 0.410 e. The molecule has 1 heterocycles. The fraction of sp³-hybridized carbons (Fsp3) is 0.346. The van der Waals surface area contributed by atoms with Crippen molar-refractivity contribution in [2.24, 2.45) is 0 Å². The first kappa shape index (κ1) is 25.8. The van der Waals surface area contributed by atoms with Crippen molar-refractivity contribution in [2.45, 2.75) is 50.8 Å². The third-order valence-electron chi connectivity index (χ3n) is 5.88. The predicted molar refractivity (Wildman–Crippen MR) is 131 cm³/mol. The van der Waals surface area contributed by atoms with Gasteiger partial charge in [-0.3, -0.25) is 4.79 Å². The van der Waals surface area contributed by atoms with Crippen LogP contribution in [0.1, 0.15) is 49.0 Å². The van der Waals surface area contributed by atoms with Crippen molar-refractivity contribution in [3.8, 4) is 5.69 Å². The van der Waals surface area contributed by atoms with Crippen molar-refractivity contribution in [3.63, 3.8) is 0 Å². The highest BCUT2D eigenvalue weighted by Gasteiger charge is 2.47. The van der Waals surface area contributed by atoms with Gasteiger partial charge in [-0.2, -0.15) is 0 Å². The van der Waals surface area contributed by atoms with Gasteiger partial charge in [-0.05, 0) is 69.2 Å². The summed E-state index contributed by atoms with van der Waals surface area (Å²) in [6.45, 7) is 4.85. The van der Waals surface area contributed by atoms with Crippen LogP contribution < -0.4 is 5.32 Å². The third kappa shape index (κ3) is 6.49. The van der Waals surface area contributed by atoms with E-state index in [1.807, 2.05) is 0 Å². The molecule has 1 unspecified atom stereocenters. The van der Waals surface area contributed by atoms with Crippen LogP contribution >= 0.6 is 0 Å². The second kappa shape index (κ2) is 10.4. The monoisotopic (exact) mass is 509 g/mol. The Morgan fingerprint density at radius 2 is 1.84 bits per heavy atom. The second-order valence-corrected chi connectivity index (χ2v) is 9.85. The summed E-state index contributed by atoms with van der Waals surface area (Å²) in [5.74, 6) is -2.36. The van der Waals surface area contributed by atoms with Crippen molar-refractivity contribution in [2.75, 3.05) is 6.54 Å². The molecule has 3 aromatic rings. The molecule has 37 heavy (non-hydrogen) atoms. The molecule has 2 amide bonds. The number of hydrogen-bond donors (Lipinski definition) is 2. The molecular weight excluding hydrogens is 481 g/mol. The van der Waals surface area contributed by atoms with E-state index >= 15 is 0 Å². The number of carboxylic acids is 1. The van der Waals surface area contributed by atoms with Gasteiger partial charge in [-0.1, -0.05) is 17.3 Å². The van der Waals surface area contributed by atoms with Crippen LogP contribution in [0.2, 0.25) is 0 Å². The third-order valence-corrected chi connectivity index (χ3v) is 5.88. The zero-order valence-electron chi connectivity index (χ0n) is 20.7. The minimum absolute atomic E-state index is 0.0948. The van der Waals surface area contributed by atoms with Crippen molar-refractivity contribution in [3.05, 3.63) is 77.9 Å². The summed E-state index contributed by atoms with van der Waals surface area (Å²) in [6, 6.07) is 10.6. The molecule has 2 N–H and O–H groups in total. The number of rotatable bonds is 8. The van der Waals surface area contributed by atoms with Crippen LogP contribution in [0.4, 0.5) is 9.18 Å². The van der Waals surface area contributed by atoms with E-state index < -0.39 is 29.6 Å². The first-order valence-corrected chi connectivity index (χ1v) is 11.8. The molecule has 2 aromatic carbocycles. The number of nitrogens with zero attached hydrogens (tertiary/aromatic N) is 4. The van der Waals surface area contributed by atoms with Gasteiger partial charge >= 0.3 is 12.1 Å². The standard InChI is InChI=1S/C26H28FN5O5/c1-26(2,3)37-25(36)31(22-14-20(22)16-4-8-18(27)9-5-16)15-21(24(34)35)29-23(33)17-6-10-19(11-7-17)32-13-12-28-30-32/h4-13,20-22H,14-15H2,1-3H3,(H,29,33)(H,34,35)/t20-,21?,22+/m0/s1. The Morgan fingerprint density at radius 1 is 1.16 bits per heavy atom. The van der Waals surface area contributed by atoms with Crippen LogP contribution in [0.15, 0.2) is 60.9 Å². The Balaban J connectivity index is 1.49. The molecule has 0 bridgehead atoms. The van der Waals surface area contributed by atoms with E-state index in [4.69, 9.17) is 4.74 Å². The van der Waals surface area contributed by atoms with Gasteiger partial charge in [0.1, 0.15) is 17.5 Å². The highest BCUT2D eigenvalue weighted by atomic mass is 19.1. The lowest BCUT2D eigenvalue weighted by Crippen LogP contribution is -2.51. The molecule has 4 rings (SSSR count). The maximum absolute atomic E-state index is 13.4. The molecule has 0 aliphatic heterocycles. The number of nitrogens with one attached hydrogen (secondary N) is 1. The van der Waals surface area contributed by atoms with Crippen LogP contribution in [-0.2, 0) is 9.53 Å². The molecule has 3 atom stereocenters. The van der Waals surface area contributed by atoms with E-state index in [-0.39, 0.29) is 29.9 Å². The average Bonchev–Trinajstić information content (AvgIpc) is 3.42. The van der Waals surface area contributed by atoms with Gasteiger partial charge < -0.3 is 20.1 Å². The average molecular weight is 510 g/mol. The minimum atomic E-state index is -1.38. The number of halogens is 1. The number of carbonyl (C=O) groups is 3. The Labute approximate surface area is 213 Å². The van der Waals surface area contributed by atoms with Crippen molar-refractivity contribution in [1.82, 2.24) is 25.2 Å². The number of ether oxygens (including phenoxy) is 1. The molecule has 1 aromatic heterocycles. The van der Waals surface area contributed by atoms with Gasteiger partial charge in [0.15, 0.2) is 0 Å². The van der Waals surface area contributed by atoms with Gasteiger partial charge in [0.2, 0.25) is 0 Å². The summed E-state index contributed by atoms with van der Waals surface area (Å²) >= 11 is 0. The van der Waals surface area contributed by atoms with Crippen molar-refractivity contribution >= 4 is 18.0 Å². The summed E-state index contributed by atoms with van der Waals surface area (Å²) in [7, 11) is 0. The van der Waals surface area contributed by atoms with E-state index in [9.17, 15) is 23.9 Å². The van der Waals surface area contributed by atoms with Crippen LogP contribution in [-0.4, -0.2) is 67.2 Å². The molecule has 0 spiro atoms. The molecule has 0 saturated heterocycles. The van der Waals surface area contributed by atoms with Gasteiger partial charge in [0, 0.05) is 17.5 Å². The molecular formula is C26H28FN5O5. The zero-order chi connectivity index (χ0) is 26.7. The first-order chi connectivity index (χ1) is 17.5. The number of aromatic nitrogens is 3. The van der Waals surface area contributed by atoms with Crippen LogP contribution in [0, 0.1) is 5.82 Å². The normalized spacial score (nSPS) is 17.5. The number of aliphatic carboxylic acids is 1. The van der Waals surface area contributed by atoms with Crippen LogP contribution in [0.3, 0.4) is 0 Å². The van der Waals surface area contributed by atoms with E-state index in [1.165, 1.54) is 27.9 Å². The Bertz CT molecular complexity index is 1260. The largest absolute Gasteiger partial charge is 0.480 e. The maximum atomic E-state index is 13.4. The Morgan fingerprint density at radius 3 is 2.41 bits per heavy atom. The predicted octanol–water partition coefficient (Wildman–Crippen LogP) is 3.38. The topological polar surface area (TPSA) is 127 Å². The maximum Gasteiger partial charge on any atom is 0.410 e. The summed E-state index contributed by atoms with van der Waals surface area (Å²) < 4.78 is 20.4. The number of benzene rings is 2. The fourth-order valence-electron chi connectivity index (χ4n) is 4.00. The SMILES string of the molecule is CC(C)(C)OC(=O)N(CC(NC(=O)c1ccc(-n2ccnn2)cc1)C(=O)O)[C@@H]1C[C@H]1c1ccc(F)cc1. The van der Waals surface area contributed by atoms with E-state index in [0.29, 0.717) is 12.1 Å². The first-order valence-electron chi connectivity index (χ1n) is 11.8. The highest BCUT2D eigenvalue weighted by Crippen LogP contribution is 2.45. The summed E-state index contributed by atoms with van der Waals surface area (Å²) in [5, 5.41) is 20.0. The van der Waals surface area contributed by atoms with Gasteiger partial charge in [-0.25, -0.2) is 18.7 Å². The fourth-order valence-corrected chi connectivity index (χ4v) is 4.00. The summed E-state index contributed by atoms with van der Waals surface area (Å²) in [4.78, 5) is 39.4. The lowest BCUT2D eigenvalue weighted by Gasteiger charge is -2.30. The van der Waals surface area contributed by atoms with Gasteiger partial charge in [0.05, 0.1) is 24.6 Å². The molecule has 0 radical (unpaired) electrons. The molecule has 1 fully saturated rings. The van der Waals surface area contributed by atoms with E-state index in [2.05, 4.69) is 15.6 Å². The second-order valence-electron chi connectivity index (χ2n) is 9.85. The van der Waals surface area contributed by atoms with Crippen LogP contribution in [0.5, 0.6) is 0 Å². The van der Waals surface area contributed by atoms with Crippen molar-refractivity contribution < 1.29 is 28.6 Å². The van der Waals surface area contributed by atoms with Gasteiger partial charge in [-0.15, -0.1) is 5.10 Å². The molecule has 194 valence electrons.